The van der Waals surface area contributed by atoms with E-state index >= 15 is 0 Å². The maximum absolute atomic E-state index is 5.69. The number of rotatable bonds is 3. The van der Waals surface area contributed by atoms with E-state index in [2.05, 4.69) is 66.1 Å². The van der Waals surface area contributed by atoms with Crippen LogP contribution in [0, 0.1) is 6.92 Å². The number of hydrogen-bond donors (Lipinski definition) is 0. The van der Waals surface area contributed by atoms with Crippen LogP contribution < -0.4 is 4.90 Å². The van der Waals surface area contributed by atoms with Crippen LogP contribution in [-0.2, 0) is 6.54 Å². The molecule has 0 N–H and O–H groups in total. The second-order valence-corrected chi connectivity index (χ2v) is 6.81. The summed E-state index contributed by atoms with van der Waals surface area (Å²) in [5.41, 5.74) is 5.05. The van der Waals surface area contributed by atoms with Crippen molar-refractivity contribution in [1.82, 2.24) is 4.90 Å². The Morgan fingerprint density at radius 1 is 1.04 bits per heavy atom. The molecule has 0 bridgehead atoms. The summed E-state index contributed by atoms with van der Waals surface area (Å²) >= 11 is 0. The quantitative estimate of drug-likeness (QED) is 0.711. The zero-order valence-electron chi connectivity index (χ0n) is 14.4. The number of piperazine rings is 1. The van der Waals surface area contributed by atoms with Crippen LogP contribution in [0.4, 0.5) is 5.69 Å². The first-order valence-corrected chi connectivity index (χ1v) is 8.72. The third-order valence-corrected chi connectivity index (χ3v) is 5.16. The highest BCUT2D eigenvalue weighted by molar-refractivity contribution is 5.80. The van der Waals surface area contributed by atoms with Crippen molar-refractivity contribution in [3.05, 3.63) is 65.9 Å². The normalized spacial score (nSPS) is 19.1. The van der Waals surface area contributed by atoms with Crippen LogP contribution in [0.2, 0.25) is 0 Å². The first kappa shape index (κ1) is 15.3. The smallest absolute Gasteiger partial charge is 0.138 e. The Morgan fingerprint density at radius 3 is 2.75 bits per heavy atom. The minimum Gasteiger partial charge on any atom is -0.464 e. The first-order valence-electron chi connectivity index (χ1n) is 8.72. The number of aryl methyl sites for hydroxylation is 1. The van der Waals surface area contributed by atoms with Crippen molar-refractivity contribution in [1.29, 1.82) is 0 Å². The van der Waals surface area contributed by atoms with Crippen LogP contribution in [0.1, 0.15) is 18.1 Å². The molecule has 4 rings (SSSR count). The highest BCUT2D eigenvalue weighted by Gasteiger charge is 2.25. The standard InChI is InChI=1S/C21H24N2O/c1-16-6-3-4-9-20(16)23-12-11-22(17(2)14-23)15-19-8-5-7-18-10-13-24-21(18)19/h3-10,13,17H,11-12,14-15H2,1-2H3/t17-/m1/s1. The fourth-order valence-electron chi connectivity index (χ4n) is 3.77. The molecule has 0 aliphatic carbocycles. The summed E-state index contributed by atoms with van der Waals surface area (Å²) in [5.74, 6) is 0. The minimum absolute atomic E-state index is 0.517. The van der Waals surface area contributed by atoms with Gasteiger partial charge in [0.15, 0.2) is 0 Å². The molecule has 0 saturated carbocycles. The molecule has 0 spiro atoms. The summed E-state index contributed by atoms with van der Waals surface area (Å²) < 4.78 is 5.69. The van der Waals surface area contributed by atoms with Crippen LogP contribution in [0.3, 0.4) is 0 Å². The molecule has 124 valence electrons. The predicted octanol–water partition coefficient (Wildman–Crippen LogP) is 4.45. The zero-order valence-corrected chi connectivity index (χ0v) is 14.4. The third-order valence-electron chi connectivity index (χ3n) is 5.16. The highest BCUT2D eigenvalue weighted by atomic mass is 16.3. The molecule has 1 aliphatic heterocycles. The molecule has 0 radical (unpaired) electrons. The van der Waals surface area contributed by atoms with Gasteiger partial charge >= 0.3 is 0 Å². The van der Waals surface area contributed by atoms with E-state index in [4.69, 9.17) is 4.42 Å². The monoisotopic (exact) mass is 320 g/mol. The average molecular weight is 320 g/mol. The topological polar surface area (TPSA) is 19.6 Å². The lowest BCUT2D eigenvalue weighted by Gasteiger charge is -2.41. The molecule has 1 aromatic heterocycles. The van der Waals surface area contributed by atoms with Gasteiger partial charge in [0.25, 0.3) is 0 Å². The lowest BCUT2D eigenvalue weighted by molar-refractivity contribution is 0.181. The molecule has 2 aromatic carbocycles. The minimum atomic E-state index is 0.517. The van der Waals surface area contributed by atoms with E-state index in [1.54, 1.807) is 6.26 Å². The molecule has 3 nitrogen and oxygen atoms in total. The van der Waals surface area contributed by atoms with Gasteiger partial charge in [-0.15, -0.1) is 0 Å². The molecule has 3 heteroatoms. The Balaban J connectivity index is 1.49. The van der Waals surface area contributed by atoms with Crippen molar-refractivity contribution >= 4 is 16.7 Å². The maximum Gasteiger partial charge on any atom is 0.138 e. The first-order chi connectivity index (χ1) is 11.7. The highest BCUT2D eigenvalue weighted by Crippen LogP contribution is 2.26. The fraction of sp³-hybridized carbons (Fsp3) is 0.333. The lowest BCUT2D eigenvalue weighted by Crippen LogP contribution is -2.51. The van der Waals surface area contributed by atoms with E-state index in [-0.39, 0.29) is 0 Å². The second-order valence-electron chi connectivity index (χ2n) is 6.81. The van der Waals surface area contributed by atoms with E-state index in [1.807, 2.05) is 6.07 Å². The summed E-state index contributed by atoms with van der Waals surface area (Å²) in [5, 5.41) is 1.19. The SMILES string of the molecule is Cc1ccccc1N1CCN(Cc2cccc3ccoc23)[C@H](C)C1. The van der Waals surface area contributed by atoms with Crippen molar-refractivity contribution in [2.24, 2.45) is 0 Å². The molecule has 2 heterocycles. The van der Waals surface area contributed by atoms with Gasteiger partial charge in [0, 0.05) is 48.9 Å². The van der Waals surface area contributed by atoms with Crippen LogP contribution >= 0.6 is 0 Å². The van der Waals surface area contributed by atoms with E-state index in [9.17, 15) is 0 Å². The Labute approximate surface area is 143 Å². The molecule has 0 amide bonds. The second kappa shape index (κ2) is 6.33. The Hall–Kier alpha value is -2.26. The molecular formula is C21H24N2O. The van der Waals surface area contributed by atoms with Gasteiger partial charge in [0.1, 0.15) is 5.58 Å². The fourth-order valence-corrected chi connectivity index (χ4v) is 3.77. The number of nitrogens with zero attached hydrogens (tertiary/aromatic N) is 2. The molecular weight excluding hydrogens is 296 g/mol. The average Bonchev–Trinajstić information content (AvgIpc) is 3.07. The Morgan fingerprint density at radius 2 is 1.92 bits per heavy atom. The van der Waals surface area contributed by atoms with Crippen molar-refractivity contribution in [2.75, 3.05) is 24.5 Å². The van der Waals surface area contributed by atoms with E-state index in [0.717, 1.165) is 31.8 Å². The summed E-state index contributed by atoms with van der Waals surface area (Å²) in [6.45, 7) is 8.69. The molecule has 24 heavy (non-hydrogen) atoms. The van der Waals surface area contributed by atoms with Crippen LogP contribution in [-0.4, -0.2) is 30.6 Å². The largest absolute Gasteiger partial charge is 0.464 e. The summed E-state index contributed by atoms with van der Waals surface area (Å²) in [4.78, 5) is 5.08. The van der Waals surface area contributed by atoms with Gasteiger partial charge in [-0.2, -0.15) is 0 Å². The summed E-state index contributed by atoms with van der Waals surface area (Å²) in [7, 11) is 0. The van der Waals surface area contributed by atoms with Gasteiger partial charge < -0.3 is 9.32 Å². The number of anilines is 1. The Kier molecular flexibility index (Phi) is 4.03. The number of benzene rings is 2. The van der Waals surface area contributed by atoms with E-state index in [1.165, 1.54) is 22.2 Å². The van der Waals surface area contributed by atoms with Crippen LogP contribution in [0.25, 0.3) is 11.0 Å². The molecule has 3 aromatic rings. The number of hydrogen-bond acceptors (Lipinski definition) is 3. The van der Waals surface area contributed by atoms with Gasteiger partial charge in [0.2, 0.25) is 0 Å². The molecule has 1 atom stereocenters. The third kappa shape index (κ3) is 2.80. The zero-order chi connectivity index (χ0) is 16.5. The lowest BCUT2D eigenvalue weighted by atomic mass is 10.1. The van der Waals surface area contributed by atoms with Gasteiger partial charge in [-0.3, -0.25) is 4.90 Å². The van der Waals surface area contributed by atoms with Gasteiger partial charge in [-0.05, 0) is 31.5 Å². The van der Waals surface area contributed by atoms with Crippen LogP contribution in [0.15, 0.2) is 59.2 Å². The van der Waals surface area contributed by atoms with Crippen molar-refractivity contribution < 1.29 is 4.42 Å². The van der Waals surface area contributed by atoms with Gasteiger partial charge in [-0.1, -0.05) is 36.4 Å². The predicted molar refractivity (Wildman–Crippen MR) is 99.5 cm³/mol. The van der Waals surface area contributed by atoms with Crippen molar-refractivity contribution in [2.45, 2.75) is 26.4 Å². The van der Waals surface area contributed by atoms with Gasteiger partial charge in [-0.25, -0.2) is 0 Å². The summed E-state index contributed by atoms with van der Waals surface area (Å²) in [6, 6.07) is 17.7. The Bertz CT molecular complexity index is 838. The van der Waals surface area contributed by atoms with E-state index in [0.29, 0.717) is 6.04 Å². The maximum atomic E-state index is 5.69. The molecule has 1 aliphatic rings. The van der Waals surface area contributed by atoms with Crippen LogP contribution in [0.5, 0.6) is 0 Å². The number of para-hydroxylation sites is 2. The van der Waals surface area contributed by atoms with Crippen molar-refractivity contribution in [3.63, 3.8) is 0 Å². The molecule has 0 unspecified atom stereocenters. The number of fused-ring (bicyclic) bond motifs is 1. The van der Waals surface area contributed by atoms with Crippen molar-refractivity contribution in [3.8, 4) is 0 Å². The van der Waals surface area contributed by atoms with E-state index < -0.39 is 0 Å². The summed E-state index contributed by atoms with van der Waals surface area (Å²) in [6.07, 6.45) is 1.79. The number of furan rings is 1. The molecule has 1 saturated heterocycles. The molecule has 1 fully saturated rings. The van der Waals surface area contributed by atoms with Gasteiger partial charge in [0.05, 0.1) is 6.26 Å².